The molecule has 4 heterocycles. The fourth-order valence-electron chi connectivity index (χ4n) is 5.00. The van der Waals surface area contributed by atoms with Crippen LogP contribution in [0.4, 0.5) is 16.3 Å². The molecule has 0 aliphatic carbocycles. The van der Waals surface area contributed by atoms with Crippen molar-refractivity contribution in [1.82, 2.24) is 24.8 Å². The molecule has 2 aliphatic heterocycles. The van der Waals surface area contributed by atoms with Gasteiger partial charge in [0.25, 0.3) is 0 Å². The van der Waals surface area contributed by atoms with Gasteiger partial charge in [0.15, 0.2) is 23.5 Å². The van der Waals surface area contributed by atoms with Crippen molar-refractivity contribution in [2.24, 2.45) is 0 Å². The zero-order valence-corrected chi connectivity index (χ0v) is 24.2. The molecule has 2 saturated heterocycles. The van der Waals surface area contributed by atoms with Gasteiger partial charge in [-0.3, -0.25) is 8.78 Å². The number of ether oxygens (including phenoxy) is 3. The first-order chi connectivity index (χ1) is 18.9. The molecular formula is C27H37N7O5S. The molecule has 2 amide bonds. The van der Waals surface area contributed by atoms with Crippen LogP contribution < -0.4 is 16.4 Å². The second-order valence-electron chi connectivity index (χ2n) is 11.6. The summed E-state index contributed by atoms with van der Waals surface area (Å²) in [6.45, 7) is 10.5. The van der Waals surface area contributed by atoms with E-state index < -0.39 is 41.1 Å². The van der Waals surface area contributed by atoms with E-state index in [1.54, 1.807) is 10.9 Å². The van der Waals surface area contributed by atoms with Gasteiger partial charge in [-0.1, -0.05) is 32.9 Å². The molecule has 216 valence electrons. The van der Waals surface area contributed by atoms with Gasteiger partial charge in [-0.15, -0.1) is 0 Å². The Bertz CT molecular complexity index is 1390. The van der Waals surface area contributed by atoms with Gasteiger partial charge in [0.05, 0.1) is 12.1 Å². The molecule has 5 atom stereocenters. The summed E-state index contributed by atoms with van der Waals surface area (Å²) in [7, 11) is -1.20. The number of carbonyl (C=O) groups excluding carboxylic acids is 1. The van der Waals surface area contributed by atoms with Crippen LogP contribution in [0.1, 0.15) is 52.8 Å². The van der Waals surface area contributed by atoms with Crippen molar-refractivity contribution in [2.45, 2.75) is 76.8 Å². The first kappa shape index (κ1) is 28.4. The highest BCUT2D eigenvalue weighted by molar-refractivity contribution is 7.85. The lowest BCUT2D eigenvalue weighted by Gasteiger charge is -2.24. The molecule has 2 aromatic heterocycles. The van der Waals surface area contributed by atoms with E-state index in [9.17, 15) is 9.00 Å². The van der Waals surface area contributed by atoms with E-state index in [-0.39, 0.29) is 23.0 Å². The van der Waals surface area contributed by atoms with Gasteiger partial charge in [-0.05, 0) is 43.4 Å². The Labute approximate surface area is 235 Å². The maximum absolute atomic E-state index is 13.0. The van der Waals surface area contributed by atoms with E-state index in [0.29, 0.717) is 29.9 Å². The smallest absolute Gasteiger partial charge is 0.319 e. The van der Waals surface area contributed by atoms with Crippen molar-refractivity contribution in [3.05, 3.63) is 42.5 Å². The Morgan fingerprint density at radius 3 is 2.58 bits per heavy atom. The first-order valence-electron chi connectivity index (χ1n) is 13.4. The zero-order valence-electron chi connectivity index (χ0n) is 23.4. The molecule has 0 bridgehead atoms. The summed E-state index contributed by atoms with van der Waals surface area (Å²) in [5.41, 5.74) is 8.92. The Balaban J connectivity index is 1.13. The van der Waals surface area contributed by atoms with Crippen LogP contribution in [0, 0.1) is 0 Å². The molecule has 40 heavy (non-hydrogen) atoms. The fraction of sp³-hybridized carbons (Fsp3) is 0.556. The van der Waals surface area contributed by atoms with Crippen LogP contribution in [0.15, 0.2) is 36.9 Å². The number of hydrogen-bond donors (Lipinski definition) is 3. The SMILES string of the molecule is CC1(C)OC2C(CS(=O)CCCNC(=O)Nc3ccc(C(C)(C)C)cc3)OC(n3cnc4c(N)ncnc43)C2O1. The molecule has 2 fully saturated rings. The molecule has 4 N–H and O–H groups in total. The molecule has 3 aromatic rings. The van der Waals surface area contributed by atoms with E-state index in [1.165, 1.54) is 11.9 Å². The normalized spacial score (nSPS) is 24.6. The number of benzene rings is 1. The predicted molar refractivity (Wildman–Crippen MR) is 152 cm³/mol. The van der Waals surface area contributed by atoms with Crippen LogP contribution in [0.25, 0.3) is 11.2 Å². The molecule has 0 spiro atoms. The minimum Gasteiger partial charge on any atom is -0.382 e. The highest BCUT2D eigenvalue weighted by Gasteiger charge is 2.56. The summed E-state index contributed by atoms with van der Waals surface area (Å²) in [4.78, 5) is 24.9. The molecular weight excluding hydrogens is 534 g/mol. The van der Waals surface area contributed by atoms with Crippen molar-refractivity contribution in [3.63, 3.8) is 0 Å². The summed E-state index contributed by atoms with van der Waals surface area (Å²) in [6.07, 6.45) is 1.65. The second-order valence-corrected chi connectivity index (χ2v) is 13.2. The lowest BCUT2D eigenvalue weighted by Crippen LogP contribution is -2.34. The molecule has 0 saturated carbocycles. The lowest BCUT2D eigenvalue weighted by molar-refractivity contribution is -0.193. The monoisotopic (exact) mass is 571 g/mol. The largest absolute Gasteiger partial charge is 0.382 e. The average molecular weight is 572 g/mol. The van der Waals surface area contributed by atoms with Gasteiger partial charge in [0.1, 0.15) is 30.2 Å². The number of amides is 2. The van der Waals surface area contributed by atoms with Crippen molar-refractivity contribution in [2.75, 3.05) is 29.1 Å². The number of anilines is 2. The molecule has 12 nitrogen and oxygen atoms in total. The predicted octanol–water partition coefficient (Wildman–Crippen LogP) is 3.08. The Hall–Kier alpha value is -3.13. The van der Waals surface area contributed by atoms with E-state index in [2.05, 4.69) is 46.4 Å². The van der Waals surface area contributed by atoms with Gasteiger partial charge in [-0.25, -0.2) is 19.7 Å². The highest BCUT2D eigenvalue weighted by atomic mass is 32.2. The zero-order chi connectivity index (χ0) is 28.7. The van der Waals surface area contributed by atoms with Crippen LogP contribution in [0.2, 0.25) is 0 Å². The third-order valence-electron chi connectivity index (χ3n) is 6.98. The fourth-order valence-corrected chi connectivity index (χ4v) is 6.27. The van der Waals surface area contributed by atoms with Gasteiger partial charge in [0.2, 0.25) is 0 Å². The van der Waals surface area contributed by atoms with Crippen molar-refractivity contribution < 1.29 is 23.2 Å². The van der Waals surface area contributed by atoms with Crippen LogP contribution in [-0.4, -0.2) is 71.9 Å². The summed E-state index contributed by atoms with van der Waals surface area (Å²) in [5, 5.41) is 5.66. The van der Waals surface area contributed by atoms with Gasteiger partial charge < -0.3 is 30.6 Å². The summed E-state index contributed by atoms with van der Waals surface area (Å²) < 4.78 is 33.4. The van der Waals surface area contributed by atoms with Crippen molar-refractivity contribution >= 4 is 39.5 Å². The Morgan fingerprint density at radius 1 is 1.12 bits per heavy atom. The maximum Gasteiger partial charge on any atom is 0.319 e. The minimum absolute atomic E-state index is 0.0479. The number of nitrogens with one attached hydrogen (secondary N) is 2. The Kier molecular flexibility index (Phi) is 7.83. The average Bonchev–Trinajstić information content (AvgIpc) is 3.54. The summed E-state index contributed by atoms with van der Waals surface area (Å²) in [5.74, 6) is 0.143. The van der Waals surface area contributed by atoms with Gasteiger partial charge in [-0.2, -0.15) is 0 Å². The van der Waals surface area contributed by atoms with Crippen LogP contribution in [0.3, 0.4) is 0 Å². The highest BCUT2D eigenvalue weighted by Crippen LogP contribution is 2.44. The number of nitrogens with two attached hydrogens (primary N) is 1. The van der Waals surface area contributed by atoms with Crippen molar-refractivity contribution in [3.8, 4) is 0 Å². The number of hydrogen-bond acceptors (Lipinski definition) is 9. The molecule has 1 aromatic carbocycles. The lowest BCUT2D eigenvalue weighted by atomic mass is 9.87. The first-order valence-corrected chi connectivity index (χ1v) is 14.8. The van der Waals surface area contributed by atoms with E-state index in [4.69, 9.17) is 19.9 Å². The number of nitrogens with zero attached hydrogens (tertiary/aromatic N) is 4. The molecule has 5 unspecified atom stereocenters. The van der Waals surface area contributed by atoms with Crippen LogP contribution in [0.5, 0.6) is 0 Å². The van der Waals surface area contributed by atoms with Crippen molar-refractivity contribution in [1.29, 1.82) is 0 Å². The molecule has 2 aliphatic rings. The topological polar surface area (TPSA) is 156 Å². The molecule has 13 heteroatoms. The number of fused-ring (bicyclic) bond motifs is 2. The minimum atomic E-state index is -1.20. The molecule has 5 rings (SSSR count). The van der Waals surface area contributed by atoms with E-state index in [1.807, 2.05) is 38.1 Å². The number of nitrogen functional groups attached to an aromatic ring is 1. The molecule has 0 radical (unpaired) electrons. The number of aromatic nitrogens is 4. The number of carbonyl (C=O) groups is 1. The van der Waals surface area contributed by atoms with Gasteiger partial charge >= 0.3 is 6.03 Å². The van der Waals surface area contributed by atoms with E-state index >= 15 is 0 Å². The van der Waals surface area contributed by atoms with Crippen LogP contribution in [-0.2, 0) is 30.4 Å². The Morgan fingerprint density at radius 2 is 1.85 bits per heavy atom. The third-order valence-corrected chi connectivity index (χ3v) is 8.42. The number of urea groups is 1. The van der Waals surface area contributed by atoms with Gasteiger partial charge in [0, 0.05) is 28.8 Å². The standard InChI is InChI=1S/C27H37N7O5S/c1-26(2,3)16-7-9-17(10-8-16)33-25(35)29-11-6-12-40(36)13-18-20-21(39-27(4,5)38-20)24(37-18)34-15-32-19-22(28)30-14-31-23(19)34/h7-10,14-15,18,20-21,24H,6,11-13H2,1-5H3,(H2,28,30,31)(H2,29,33,35). The van der Waals surface area contributed by atoms with Crippen LogP contribution >= 0.6 is 0 Å². The number of rotatable bonds is 8. The number of imidazole rings is 1. The summed E-state index contributed by atoms with van der Waals surface area (Å²) >= 11 is 0. The van der Waals surface area contributed by atoms with E-state index in [0.717, 1.165) is 5.69 Å². The quantitative estimate of drug-likeness (QED) is 0.346. The maximum atomic E-state index is 13.0. The second kappa shape index (κ2) is 11.0. The summed E-state index contributed by atoms with van der Waals surface area (Å²) in [6, 6.07) is 7.51. The third kappa shape index (κ3) is 6.12.